The van der Waals surface area contributed by atoms with Gasteiger partial charge in [-0.25, -0.2) is 13.1 Å². The first-order chi connectivity index (χ1) is 18.4. The van der Waals surface area contributed by atoms with Gasteiger partial charge in [0.2, 0.25) is 21.8 Å². The molecule has 4 N–H and O–H groups in total. The molecule has 4 rings (SSSR count). The van der Waals surface area contributed by atoms with Crippen LogP contribution < -0.4 is 15.8 Å². The second-order valence-corrected chi connectivity index (χ2v) is 12.6. The molecular formula is C28H35ClN4O5S. The number of hydrogen-bond acceptors (Lipinski definition) is 6. The van der Waals surface area contributed by atoms with E-state index in [9.17, 15) is 18.0 Å². The van der Waals surface area contributed by atoms with Gasteiger partial charge in [-0.3, -0.25) is 9.59 Å². The van der Waals surface area contributed by atoms with E-state index in [1.54, 1.807) is 45.0 Å². The number of nitrogens with zero attached hydrogens (tertiary/aromatic N) is 1. The summed E-state index contributed by atoms with van der Waals surface area (Å²) in [7, 11) is -3.85. The van der Waals surface area contributed by atoms with Crippen molar-refractivity contribution >= 4 is 38.3 Å². The van der Waals surface area contributed by atoms with Crippen molar-refractivity contribution in [2.75, 3.05) is 19.7 Å². The molecule has 2 aromatic carbocycles. The number of carbonyl (C=O) groups excluding carboxylic acids is 2. The monoisotopic (exact) mass is 574 g/mol. The Morgan fingerprint density at radius 1 is 1.13 bits per heavy atom. The molecule has 1 fully saturated rings. The molecule has 39 heavy (non-hydrogen) atoms. The third-order valence-electron chi connectivity index (χ3n) is 7.08. The van der Waals surface area contributed by atoms with E-state index in [-0.39, 0.29) is 37.1 Å². The van der Waals surface area contributed by atoms with Crippen molar-refractivity contribution in [3.8, 4) is 0 Å². The highest BCUT2D eigenvalue weighted by Gasteiger charge is 2.48. The standard InChI is InChI=1S/C28H35ClN4O5S/c1-4-33(16-22-24(20-10-12-21(29)13-11-20)39(36,37)32-27(22,2)3)25(34)23(31-26(35)28(30)14-15-28)18-38-17-19-8-6-5-7-9-19/h5-13,23,32H,4,14-18,30H2,1-3H3,(H,31,35)/t23-/m1/s1. The molecule has 1 atom stereocenters. The van der Waals surface area contributed by atoms with Gasteiger partial charge in [-0.15, -0.1) is 0 Å². The molecule has 0 spiro atoms. The topological polar surface area (TPSA) is 131 Å². The first kappa shape index (κ1) is 29.2. The second-order valence-electron chi connectivity index (χ2n) is 10.6. The largest absolute Gasteiger partial charge is 0.374 e. The molecule has 2 aliphatic rings. The number of rotatable bonds is 11. The Morgan fingerprint density at radius 3 is 2.36 bits per heavy atom. The van der Waals surface area contributed by atoms with E-state index in [2.05, 4.69) is 10.0 Å². The summed E-state index contributed by atoms with van der Waals surface area (Å²) >= 11 is 6.03. The van der Waals surface area contributed by atoms with Crippen molar-refractivity contribution < 1.29 is 22.7 Å². The Hall–Kier alpha value is -2.76. The average Bonchev–Trinajstić information content (AvgIpc) is 3.60. The smallest absolute Gasteiger partial charge is 0.247 e. The Bertz CT molecular complexity index is 1360. The number of likely N-dealkylation sites (N-methyl/N-ethyl adjacent to an activating group) is 1. The second kappa shape index (κ2) is 11.4. The van der Waals surface area contributed by atoms with E-state index in [0.717, 1.165) is 5.56 Å². The van der Waals surface area contributed by atoms with Crippen LogP contribution in [0.2, 0.25) is 5.02 Å². The SMILES string of the molecule is CCN(CC1=C(c2ccc(Cl)cc2)S(=O)(=O)NC1(C)C)C(=O)[C@@H](COCc1ccccc1)NC(=O)C1(N)CC1. The van der Waals surface area contributed by atoms with E-state index in [0.29, 0.717) is 29.0 Å². The number of benzene rings is 2. The molecule has 2 amide bonds. The van der Waals surface area contributed by atoms with Crippen LogP contribution in [-0.4, -0.2) is 61.9 Å². The quantitative estimate of drug-likeness (QED) is 0.378. The van der Waals surface area contributed by atoms with Gasteiger partial charge in [0, 0.05) is 18.1 Å². The maximum Gasteiger partial charge on any atom is 0.247 e. The molecule has 1 aliphatic heterocycles. The molecule has 1 aliphatic carbocycles. The summed E-state index contributed by atoms with van der Waals surface area (Å²) in [5, 5.41) is 3.27. The number of amides is 2. The summed E-state index contributed by atoms with van der Waals surface area (Å²) < 4.78 is 34.9. The third-order valence-corrected chi connectivity index (χ3v) is 9.13. The Labute approximate surface area is 234 Å². The number of halogens is 1. The van der Waals surface area contributed by atoms with Crippen LogP contribution in [0, 0.1) is 0 Å². The molecule has 2 aromatic rings. The van der Waals surface area contributed by atoms with Crippen LogP contribution in [0.4, 0.5) is 0 Å². The predicted molar refractivity (Wildman–Crippen MR) is 151 cm³/mol. The molecular weight excluding hydrogens is 540 g/mol. The van der Waals surface area contributed by atoms with Crippen LogP contribution in [0.5, 0.6) is 0 Å². The molecule has 0 radical (unpaired) electrons. The summed E-state index contributed by atoms with van der Waals surface area (Å²) in [6.07, 6.45) is 1.11. The summed E-state index contributed by atoms with van der Waals surface area (Å²) in [6, 6.07) is 15.1. The molecule has 0 saturated heterocycles. The normalized spacial score (nSPS) is 19.4. The van der Waals surface area contributed by atoms with E-state index in [4.69, 9.17) is 22.1 Å². The zero-order valence-corrected chi connectivity index (χ0v) is 23.9. The lowest BCUT2D eigenvalue weighted by atomic mass is 9.92. The zero-order chi connectivity index (χ0) is 28.4. The van der Waals surface area contributed by atoms with E-state index in [1.165, 1.54) is 4.90 Å². The fraction of sp³-hybridized carbons (Fsp3) is 0.429. The number of ether oxygens (including phenoxy) is 1. The van der Waals surface area contributed by atoms with Crippen LogP contribution in [0.15, 0.2) is 60.2 Å². The van der Waals surface area contributed by atoms with Crippen molar-refractivity contribution in [1.82, 2.24) is 14.9 Å². The lowest BCUT2D eigenvalue weighted by Gasteiger charge is -2.31. The summed E-state index contributed by atoms with van der Waals surface area (Å²) in [5.41, 5.74) is 6.12. The summed E-state index contributed by atoms with van der Waals surface area (Å²) in [5.74, 6) is -0.780. The minimum atomic E-state index is -3.85. The number of carbonyl (C=O) groups is 2. The van der Waals surface area contributed by atoms with Gasteiger partial charge < -0.3 is 20.7 Å². The van der Waals surface area contributed by atoms with Crippen molar-refractivity contribution in [3.05, 3.63) is 76.3 Å². The highest BCUT2D eigenvalue weighted by Crippen LogP contribution is 2.38. The molecule has 210 valence electrons. The van der Waals surface area contributed by atoms with Gasteiger partial charge in [-0.05, 0) is 62.4 Å². The minimum absolute atomic E-state index is 0.0331. The highest BCUT2D eigenvalue weighted by atomic mass is 35.5. The van der Waals surface area contributed by atoms with E-state index >= 15 is 0 Å². The first-order valence-corrected chi connectivity index (χ1v) is 14.8. The van der Waals surface area contributed by atoms with Crippen LogP contribution in [0.3, 0.4) is 0 Å². The average molecular weight is 575 g/mol. The fourth-order valence-corrected chi connectivity index (χ4v) is 6.67. The molecule has 0 aromatic heterocycles. The highest BCUT2D eigenvalue weighted by molar-refractivity contribution is 7.99. The molecule has 0 bridgehead atoms. The fourth-order valence-electron chi connectivity index (χ4n) is 4.56. The lowest BCUT2D eigenvalue weighted by molar-refractivity contribution is -0.138. The number of nitrogens with two attached hydrogens (primary N) is 1. The molecule has 11 heteroatoms. The summed E-state index contributed by atoms with van der Waals surface area (Å²) in [6.45, 7) is 5.84. The van der Waals surface area contributed by atoms with Gasteiger partial charge in [-0.2, -0.15) is 0 Å². The van der Waals surface area contributed by atoms with Gasteiger partial charge in [0.1, 0.15) is 6.04 Å². The van der Waals surface area contributed by atoms with Crippen LogP contribution in [0.25, 0.3) is 4.91 Å². The third kappa shape index (κ3) is 6.70. The van der Waals surface area contributed by atoms with Gasteiger partial charge in [0.15, 0.2) is 0 Å². The van der Waals surface area contributed by atoms with Gasteiger partial charge in [0.25, 0.3) is 0 Å². The van der Waals surface area contributed by atoms with Crippen molar-refractivity contribution in [2.24, 2.45) is 5.73 Å². The minimum Gasteiger partial charge on any atom is -0.374 e. The molecule has 0 unspecified atom stereocenters. The predicted octanol–water partition coefficient (Wildman–Crippen LogP) is 2.80. The number of sulfonamides is 1. The number of nitrogens with one attached hydrogen (secondary N) is 2. The molecule has 9 nitrogen and oxygen atoms in total. The molecule has 1 heterocycles. The first-order valence-electron chi connectivity index (χ1n) is 12.9. The van der Waals surface area contributed by atoms with Gasteiger partial charge in [-0.1, -0.05) is 54.1 Å². The van der Waals surface area contributed by atoms with Gasteiger partial charge >= 0.3 is 0 Å². The molecule has 1 saturated carbocycles. The van der Waals surface area contributed by atoms with Crippen LogP contribution in [0.1, 0.15) is 44.7 Å². The van der Waals surface area contributed by atoms with Crippen molar-refractivity contribution in [3.63, 3.8) is 0 Å². The van der Waals surface area contributed by atoms with E-state index < -0.39 is 33.1 Å². The van der Waals surface area contributed by atoms with E-state index in [1.807, 2.05) is 30.3 Å². The Balaban J connectivity index is 1.60. The Morgan fingerprint density at radius 2 is 1.77 bits per heavy atom. The zero-order valence-electron chi connectivity index (χ0n) is 22.4. The maximum atomic E-state index is 13.8. The van der Waals surface area contributed by atoms with Crippen LogP contribution >= 0.6 is 11.6 Å². The van der Waals surface area contributed by atoms with Gasteiger partial charge in [0.05, 0.1) is 29.2 Å². The van der Waals surface area contributed by atoms with Crippen molar-refractivity contribution in [2.45, 2.75) is 57.3 Å². The van der Waals surface area contributed by atoms with Crippen LogP contribution in [-0.2, 0) is 31.0 Å². The summed E-state index contributed by atoms with van der Waals surface area (Å²) in [4.78, 5) is 28.3. The maximum absolute atomic E-state index is 13.8. The Kier molecular flexibility index (Phi) is 8.53. The van der Waals surface area contributed by atoms with Crippen molar-refractivity contribution in [1.29, 1.82) is 0 Å². The lowest BCUT2D eigenvalue weighted by Crippen LogP contribution is -2.56. The number of hydrogen-bond donors (Lipinski definition) is 3.